The van der Waals surface area contributed by atoms with Crippen molar-refractivity contribution >= 4 is 6.21 Å². The Morgan fingerprint density at radius 1 is 1.60 bits per heavy atom. The van der Waals surface area contributed by atoms with Crippen LogP contribution in [0.3, 0.4) is 0 Å². The van der Waals surface area contributed by atoms with Gasteiger partial charge in [-0.2, -0.15) is 0 Å². The standard InChI is InChI=1S/C7H11N3/c1-2-8-4-7-6(1)3-9-5-10-7/h2,4,6,9-10H,1,3,5H2. The first-order valence-corrected chi connectivity index (χ1v) is 3.63. The van der Waals surface area contributed by atoms with Crippen LogP contribution in [-0.2, 0) is 0 Å². The summed E-state index contributed by atoms with van der Waals surface area (Å²) in [7, 11) is 0. The van der Waals surface area contributed by atoms with Gasteiger partial charge in [-0.05, 0) is 6.42 Å². The van der Waals surface area contributed by atoms with E-state index in [4.69, 9.17) is 0 Å². The maximum absolute atomic E-state index is 4.08. The van der Waals surface area contributed by atoms with Crippen LogP contribution in [-0.4, -0.2) is 19.4 Å². The minimum absolute atomic E-state index is 0.645. The van der Waals surface area contributed by atoms with Gasteiger partial charge in [-0.3, -0.25) is 10.3 Å². The molecule has 1 saturated heterocycles. The summed E-state index contributed by atoms with van der Waals surface area (Å²) in [5, 5.41) is 6.53. The summed E-state index contributed by atoms with van der Waals surface area (Å²) in [5.41, 5.74) is 1.29. The highest BCUT2D eigenvalue weighted by molar-refractivity contribution is 5.61. The van der Waals surface area contributed by atoms with Crippen LogP contribution in [0.5, 0.6) is 0 Å². The zero-order valence-corrected chi connectivity index (χ0v) is 5.80. The van der Waals surface area contributed by atoms with Crippen molar-refractivity contribution in [2.45, 2.75) is 6.42 Å². The number of nitrogens with zero attached hydrogens (tertiary/aromatic N) is 1. The third kappa shape index (κ3) is 0.926. The van der Waals surface area contributed by atoms with Gasteiger partial charge in [-0.25, -0.2) is 0 Å². The monoisotopic (exact) mass is 137 g/mol. The Balaban J connectivity index is 2.14. The predicted molar refractivity (Wildman–Crippen MR) is 40.7 cm³/mol. The third-order valence-corrected chi connectivity index (χ3v) is 1.96. The van der Waals surface area contributed by atoms with Gasteiger partial charge in [-0.1, -0.05) is 0 Å². The van der Waals surface area contributed by atoms with Crippen LogP contribution in [0.4, 0.5) is 0 Å². The highest BCUT2D eigenvalue weighted by Gasteiger charge is 2.18. The van der Waals surface area contributed by atoms with Gasteiger partial charge in [0.25, 0.3) is 0 Å². The Kier molecular flexibility index (Phi) is 1.43. The molecule has 0 spiro atoms. The van der Waals surface area contributed by atoms with Crippen molar-refractivity contribution in [3.8, 4) is 0 Å². The Labute approximate surface area is 60.2 Å². The molecule has 0 radical (unpaired) electrons. The highest BCUT2D eigenvalue weighted by atomic mass is 15.1. The van der Waals surface area contributed by atoms with Gasteiger partial charge in [0.1, 0.15) is 0 Å². The van der Waals surface area contributed by atoms with Gasteiger partial charge < -0.3 is 5.32 Å². The predicted octanol–water partition coefficient (Wildman–Crippen LogP) is 0.0688. The fourth-order valence-electron chi connectivity index (χ4n) is 1.35. The molecule has 0 saturated carbocycles. The van der Waals surface area contributed by atoms with E-state index in [1.54, 1.807) is 0 Å². The number of aliphatic imine (C=N–C) groups is 1. The van der Waals surface area contributed by atoms with Crippen molar-refractivity contribution in [3.05, 3.63) is 11.9 Å². The molecular weight excluding hydrogens is 126 g/mol. The molecule has 0 bridgehead atoms. The second-order valence-corrected chi connectivity index (χ2v) is 2.66. The summed E-state index contributed by atoms with van der Waals surface area (Å²) in [6.45, 7) is 1.97. The Hall–Kier alpha value is -0.830. The quantitative estimate of drug-likeness (QED) is 0.495. The van der Waals surface area contributed by atoms with Crippen LogP contribution in [0.2, 0.25) is 0 Å². The molecule has 2 heterocycles. The Bertz CT molecular complexity index is 183. The largest absolute Gasteiger partial charge is 0.374 e. The number of hydrogen-bond donors (Lipinski definition) is 2. The summed E-state index contributed by atoms with van der Waals surface area (Å²) < 4.78 is 0. The fourth-order valence-corrected chi connectivity index (χ4v) is 1.35. The topological polar surface area (TPSA) is 36.4 Å². The summed E-state index contributed by atoms with van der Waals surface area (Å²) in [5.74, 6) is 0.645. The van der Waals surface area contributed by atoms with Crippen LogP contribution in [0.1, 0.15) is 6.42 Å². The third-order valence-electron chi connectivity index (χ3n) is 1.96. The Morgan fingerprint density at radius 3 is 3.50 bits per heavy atom. The van der Waals surface area contributed by atoms with E-state index in [1.807, 2.05) is 12.4 Å². The van der Waals surface area contributed by atoms with Crippen LogP contribution in [0.25, 0.3) is 0 Å². The zero-order chi connectivity index (χ0) is 6.81. The summed E-state index contributed by atoms with van der Waals surface area (Å²) in [6.07, 6.45) is 4.98. The van der Waals surface area contributed by atoms with Crippen molar-refractivity contribution in [2.24, 2.45) is 10.9 Å². The average molecular weight is 137 g/mol. The van der Waals surface area contributed by atoms with E-state index in [0.717, 1.165) is 19.6 Å². The van der Waals surface area contributed by atoms with Crippen LogP contribution in [0, 0.1) is 5.92 Å². The lowest BCUT2D eigenvalue weighted by Gasteiger charge is -2.27. The van der Waals surface area contributed by atoms with Gasteiger partial charge in [-0.15, -0.1) is 0 Å². The first kappa shape index (κ1) is 5.92. The summed E-state index contributed by atoms with van der Waals surface area (Å²) in [4.78, 5) is 4.08. The molecular formula is C7H11N3. The van der Waals surface area contributed by atoms with Gasteiger partial charge in [0.2, 0.25) is 0 Å². The molecule has 0 aromatic carbocycles. The van der Waals surface area contributed by atoms with Gasteiger partial charge in [0, 0.05) is 30.6 Å². The molecule has 2 N–H and O–H groups in total. The van der Waals surface area contributed by atoms with E-state index < -0.39 is 0 Å². The summed E-state index contributed by atoms with van der Waals surface area (Å²) >= 11 is 0. The van der Waals surface area contributed by atoms with Crippen molar-refractivity contribution in [1.29, 1.82) is 0 Å². The van der Waals surface area contributed by atoms with Crippen LogP contribution >= 0.6 is 0 Å². The van der Waals surface area contributed by atoms with Crippen LogP contribution < -0.4 is 10.6 Å². The van der Waals surface area contributed by atoms with Crippen LogP contribution in [0.15, 0.2) is 16.9 Å². The van der Waals surface area contributed by atoms with Gasteiger partial charge in [0.15, 0.2) is 0 Å². The molecule has 1 atom stereocenters. The van der Waals surface area contributed by atoms with E-state index in [2.05, 4.69) is 15.6 Å². The van der Waals surface area contributed by atoms with Crippen molar-refractivity contribution < 1.29 is 0 Å². The zero-order valence-electron chi connectivity index (χ0n) is 5.80. The molecule has 3 heteroatoms. The fraction of sp³-hybridized carbons (Fsp3) is 0.571. The number of fused-ring (bicyclic) bond motifs is 1. The molecule has 54 valence electrons. The Morgan fingerprint density at radius 2 is 2.60 bits per heavy atom. The normalized spacial score (nSPS) is 30.4. The summed E-state index contributed by atoms with van der Waals surface area (Å²) in [6, 6.07) is 0. The van der Waals surface area contributed by atoms with Crippen molar-refractivity contribution in [3.63, 3.8) is 0 Å². The molecule has 1 fully saturated rings. The number of hydrogen-bond acceptors (Lipinski definition) is 3. The first-order chi connectivity index (χ1) is 4.97. The second-order valence-electron chi connectivity index (χ2n) is 2.66. The van der Waals surface area contributed by atoms with Gasteiger partial charge >= 0.3 is 0 Å². The van der Waals surface area contributed by atoms with Gasteiger partial charge in [0.05, 0.1) is 6.67 Å². The smallest absolute Gasteiger partial charge is 0.0651 e. The lowest BCUT2D eigenvalue weighted by Crippen LogP contribution is -2.42. The molecule has 10 heavy (non-hydrogen) atoms. The minimum atomic E-state index is 0.645. The molecule has 0 aromatic heterocycles. The molecule has 0 aliphatic carbocycles. The molecule has 1 unspecified atom stereocenters. The van der Waals surface area contributed by atoms with Crippen molar-refractivity contribution in [1.82, 2.24) is 10.6 Å². The molecule has 0 aromatic rings. The highest BCUT2D eigenvalue weighted by Crippen LogP contribution is 2.16. The number of rotatable bonds is 0. The molecule has 2 aliphatic rings. The van der Waals surface area contributed by atoms with Crippen molar-refractivity contribution in [2.75, 3.05) is 13.2 Å². The average Bonchev–Trinajstić information content (AvgIpc) is 2.05. The maximum atomic E-state index is 4.08. The SMILES string of the molecule is C1=NC=C2NCNCC2C1. The molecule has 3 nitrogen and oxygen atoms in total. The lowest BCUT2D eigenvalue weighted by molar-refractivity contribution is 0.442. The molecule has 2 rings (SSSR count). The van der Waals surface area contributed by atoms with E-state index in [0.29, 0.717) is 5.92 Å². The van der Waals surface area contributed by atoms with E-state index >= 15 is 0 Å². The molecule has 2 aliphatic heterocycles. The molecule has 0 amide bonds. The first-order valence-electron chi connectivity index (χ1n) is 3.63. The van der Waals surface area contributed by atoms with E-state index in [-0.39, 0.29) is 0 Å². The van der Waals surface area contributed by atoms with E-state index in [9.17, 15) is 0 Å². The maximum Gasteiger partial charge on any atom is 0.0651 e. The second kappa shape index (κ2) is 2.42. The minimum Gasteiger partial charge on any atom is -0.374 e. The van der Waals surface area contributed by atoms with E-state index in [1.165, 1.54) is 5.70 Å². The lowest BCUT2D eigenvalue weighted by atomic mass is 9.99. The number of nitrogens with one attached hydrogen (secondary N) is 2.